The summed E-state index contributed by atoms with van der Waals surface area (Å²) in [5.74, 6) is -0.788. The van der Waals surface area contributed by atoms with Gasteiger partial charge in [0.1, 0.15) is 18.3 Å². The van der Waals surface area contributed by atoms with Gasteiger partial charge in [0.05, 0.1) is 18.1 Å². The van der Waals surface area contributed by atoms with Crippen molar-refractivity contribution in [3.8, 4) is 11.1 Å². The quantitative estimate of drug-likeness (QED) is 0.544. The van der Waals surface area contributed by atoms with E-state index in [-0.39, 0.29) is 24.8 Å². The van der Waals surface area contributed by atoms with Gasteiger partial charge in [0, 0.05) is 18.7 Å². The Bertz CT molecular complexity index is 1260. The van der Waals surface area contributed by atoms with Crippen molar-refractivity contribution in [2.45, 2.75) is 18.5 Å². The van der Waals surface area contributed by atoms with Gasteiger partial charge in [0.2, 0.25) is 0 Å². The van der Waals surface area contributed by atoms with Gasteiger partial charge in [-0.05, 0) is 28.3 Å². The number of aromatic nitrogens is 2. The fourth-order valence-corrected chi connectivity index (χ4v) is 5.76. The summed E-state index contributed by atoms with van der Waals surface area (Å²) in [5, 5.41) is 16.3. The highest BCUT2D eigenvalue weighted by Gasteiger charge is 2.36. The molecular weight excluding hydrogens is 468 g/mol. The van der Waals surface area contributed by atoms with E-state index in [0.717, 1.165) is 22.3 Å². The second-order valence-electron chi connectivity index (χ2n) is 8.45. The van der Waals surface area contributed by atoms with Crippen LogP contribution in [0, 0.1) is 0 Å². The van der Waals surface area contributed by atoms with E-state index >= 15 is 0 Å². The van der Waals surface area contributed by atoms with E-state index in [1.807, 2.05) is 24.3 Å². The van der Waals surface area contributed by atoms with Crippen LogP contribution in [0.2, 0.25) is 0 Å². The lowest BCUT2D eigenvalue weighted by Gasteiger charge is -2.20. The van der Waals surface area contributed by atoms with E-state index in [1.165, 1.54) is 21.3 Å². The van der Waals surface area contributed by atoms with Crippen LogP contribution in [0.3, 0.4) is 0 Å². The number of aryl methyl sites for hydroxylation is 1. The Hall–Kier alpha value is -3.79. The summed E-state index contributed by atoms with van der Waals surface area (Å²) in [5.41, 5.74) is 5.32. The topological polar surface area (TPSA) is 114 Å². The van der Waals surface area contributed by atoms with Crippen LogP contribution in [0.1, 0.15) is 33.2 Å². The van der Waals surface area contributed by atoms with Crippen molar-refractivity contribution >= 4 is 29.7 Å². The largest absolute Gasteiger partial charge is 0.480 e. The van der Waals surface area contributed by atoms with E-state index in [2.05, 4.69) is 34.7 Å². The summed E-state index contributed by atoms with van der Waals surface area (Å²) in [7, 11) is 1.61. The number of aliphatic carboxylic acids is 1. The van der Waals surface area contributed by atoms with Gasteiger partial charge < -0.3 is 20.1 Å². The number of amides is 2. The average Bonchev–Trinajstić information content (AvgIpc) is 3.57. The predicted molar refractivity (Wildman–Crippen MR) is 130 cm³/mol. The molecule has 2 heterocycles. The number of nitrogens with zero attached hydrogens (tertiary/aromatic N) is 3. The molecule has 1 atom stereocenters. The maximum atomic E-state index is 12.9. The van der Waals surface area contributed by atoms with Crippen molar-refractivity contribution in [1.82, 2.24) is 20.0 Å². The van der Waals surface area contributed by atoms with Crippen LogP contribution in [-0.2, 0) is 23.1 Å². The van der Waals surface area contributed by atoms with Gasteiger partial charge in [-0.3, -0.25) is 9.48 Å². The summed E-state index contributed by atoms with van der Waals surface area (Å²) in [4.78, 5) is 38.0. The number of fused-ring (bicyclic) bond motifs is 3. The Morgan fingerprint density at radius 3 is 2.43 bits per heavy atom. The Labute approximate surface area is 206 Å². The number of nitrogens with one attached hydrogen (secondary N) is 1. The standard InChI is InChI=1S/C25H24N4O5S/c1-28-21(23(30)29-14-35-13-22(29)24(31)32)10-15(27-28)11-26-25(33)34-12-20-18-8-4-2-6-16(18)17-7-3-5-9-19(17)20/h2-10,20,22H,11-14H2,1H3,(H,26,33)(H,31,32). The Kier molecular flexibility index (Phi) is 6.21. The first-order chi connectivity index (χ1) is 16.9. The van der Waals surface area contributed by atoms with Gasteiger partial charge in [-0.2, -0.15) is 5.10 Å². The minimum atomic E-state index is -1.03. The highest BCUT2D eigenvalue weighted by molar-refractivity contribution is 7.99. The molecular formula is C25H24N4O5S. The summed E-state index contributed by atoms with van der Waals surface area (Å²) in [6.07, 6.45) is -0.577. The molecule has 180 valence electrons. The summed E-state index contributed by atoms with van der Waals surface area (Å²) >= 11 is 1.40. The fraction of sp³-hybridized carbons (Fsp3) is 0.280. The van der Waals surface area contributed by atoms with Gasteiger partial charge in [-0.15, -0.1) is 11.8 Å². The molecule has 1 aliphatic carbocycles. The monoisotopic (exact) mass is 492 g/mol. The van der Waals surface area contributed by atoms with Gasteiger partial charge in [0.15, 0.2) is 0 Å². The lowest BCUT2D eigenvalue weighted by atomic mass is 9.98. The number of carboxylic acid groups (broad SMARTS) is 1. The first-order valence-corrected chi connectivity index (χ1v) is 12.3. The second-order valence-corrected chi connectivity index (χ2v) is 9.45. The first kappa shape index (κ1) is 23.0. The Balaban J connectivity index is 1.20. The summed E-state index contributed by atoms with van der Waals surface area (Å²) in [6.45, 7) is 0.282. The van der Waals surface area contributed by atoms with Crippen LogP contribution >= 0.6 is 11.8 Å². The van der Waals surface area contributed by atoms with Crippen LogP contribution in [0.15, 0.2) is 54.6 Å². The average molecular weight is 493 g/mol. The molecule has 35 heavy (non-hydrogen) atoms. The maximum Gasteiger partial charge on any atom is 0.407 e. The van der Waals surface area contributed by atoms with Crippen LogP contribution in [0.5, 0.6) is 0 Å². The van der Waals surface area contributed by atoms with Crippen LogP contribution < -0.4 is 5.32 Å². The van der Waals surface area contributed by atoms with Crippen LogP contribution in [0.25, 0.3) is 11.1 Å². The molecule has 0 spiro atoms. The zero-order valence-corrected chi connectivity index (χ0v) is 19.8. The van der Waals surface area contributed by atoms with Gasteiger partial charge >= 0.3 is 12.1 Å². The molecule has 3 aromatic rings. The minimum absolute atomic E-state index is 0.0345. The van der Waals surface area contributed by atoms with Crippen molar-refractivity contribution in [1.29, 1.82) is 0 Å². The van der Waals surface area contributed by atoms with Gasteiger partial charge in [-0.1, -0.05) is 48.5 Å². The van der Waals surface area contributed by atoms with Crippen molar-refractivity contribution in [3.63, 3.8) is 0 Å². The van der Waals surface area contributed by atoms with E-state index in [1.54, 1.807) is 13.1 Å². The molecule has 2 N–H and O–H groups in total. The lowest BCUT2D eigenvalue weighted by molar-refractivity contribution is -0.140. The minimum Gasteiger partial charge on any atom is -0.480 e. The van der Waals surface area contributed by atoms with E-state index in [0.29, 0.717) is 17.3 Å². The molecule has 0 radical (unpaired) electrons. The molecule has 0 saturated carbocycles. The highest BCUT2D eigenvalue weighted by Crippen LogP contribution is 2.44. The van der Waals surface area contributed by atoms with Crippen molar-refractivity contribution in [2.24, 2.45) is 7.05 Å². The Morgan fingerprint density at radius 2 is 1.77 bits per heavy atom. The van der Waals surface area contributed by atoms with Gasteiger partial charge in [0.25, 0.3) is 5.91 Å². The number of ether oxygens (including phenoxy) is 1. The van der Waals surface area contributed by atoms with E-state index in [4.69, 9.17) is 4.74 Å². The predicted octanol–water partition coefficient (Wildman–Crippen LogP) is 3.06. The van der Waals surface area contributed by atoms with Crippen LogP contribution in [-0.4, -0.2) is 62.0 Å². The number of hydrogen-bond donors (Lipinski definition) is 2. The smallest absolute Gasteiger partial charge is 0.407 e. The SMILES string of the molecule is Cn1nc(CNC(=O)OCC2c3ccccc3-c3ccccc32)cc1C(=O)N1CSCC1C(=O)O. The normalized spacial score (nSPS) is 16.6. The number of carboxylic acids is 1. The van der Waals surface area contributed by atoms with E-state index in [9.17, 15) is 19.5 Å². The van der Waals surface area contributed by atoms with Gasteiger partial charge in [-0.25, -0.2) is 9.59 Å². The summed E-state index contributed by atoms with van der Waals surface area (Å²) in [6, 6.07) is 16.9. The van der Waals surface area contributed by atoms with Crippen molar-refractivity contribution < 1.29 is 24.2 Å². The maximum absolute atomic E-state index is 12.9. The molecule has 1 saturated heterocycles. The zero-order chi connectivity index (χ0) is 24.5. The van der Waals surface area contributed by atoms with Crippen LogP contribution in [0.4, 0.5) is 4.79 Å². The third-order valence-corrected chi connectivity index (χ3v) is 7.35. The number of carbonyl (C=O) groups excluding carboxylic acids is 2. The lowest BCUT2D eigenvalue weighted by Crippen LogP contribution is -2.42. The Morgan fingerprint density at radius 1 is 1.11 bits per heavy atom. The number of thioether (sulfide) groups is 1. The molecule has 1 unspecified atom stereocenters. The number of carbonyl (C=O) groups is 3. The molecule has 5 rings (SSSR count). The molecule has 10 heteroatoms. The molecule has 2 amide bonds. The summed E-state index contributed by atoms with van der Waals surface area (Å²) < 4.78 is 6.94. The highest BCUT2D eigenvalue weighted by atomic mass is 32.2. The number of benzene rings is 2. The van der Waals surface area contributed by atoms with Crippen molar-refractivity contribution in [2.75, 3.05) is 18.2 Å². The number of rotatable bonds is 6. The van der Waals surface area contributed by atoms with Crippen molar-refractivity contribution in [3.05, 3.63) is 77.1 Å². The first-order valence-electron chi connectivity index (χ1n) is 11.2. The molecule has 1 aromatic heterocycles. The zero-order valence-electron chi connectivity index (χ0n) is 19.0. The third-order valence-electron chi connectivity index (χ3n) is 6.34. The molecule has 0 bridgehead atoms. The second kappa shape index (κ2) is 9.46. The number of hydrogen-bond acceptors (Lipinski definition) is 6. The molecule has 2 aliphatic rings. The molecule has 2 aromatic carbocycles. The van der Waals surface area contributed by atoms with E-state index < -0.39 is 24.0 Å². The molecule has 1 aliphatic heterocycles. The third kappa shape index (κ3) is 4.37. The number of alkyl carbamates (subject to hydrolysis) is 1. The fourth-order valence-electron chi connectivity index (χ4n) is 4.62. The molecule has 1 fully saturated rings. The molecule has 9 nitrogen and oxygen atoms in total.